The van der Waals surface area contributed by atoms with Gasteiger partial charge in [-0.3, -0.25) is 24.5 Å². The van der Waals surface area contributed by atoms with E-state index in [1.165, 1.54) is 24.3 Å². The molecule has 1 aliphatic rings. The number of carbonyl (C=O) groups is 3. The molecule has 1 heterocycles. The zero-order valence-corrected chi connectivity index (χ0v) is 12.7. The summed E-state index contributed by atoms with van der Waals surface area (Å²) >= 11 is 0. The third-order valence-corrected chi connectivity index (χ3v) is 3.30. The largest absolute Gasteiger partial charge is 0.461 e. The van der Waals surface area contributed by atoms with Gasteiger partial charge in [-0.2, -0.15) is 0 Å². The highest BCUT2D eigenvalue weighted by molar-refractivity contribution is 6.04. The molecule has 24 heavy (non-hydrogen) atoms. The van der Waals surface area contributed by atoms with Gasteiger partial charge in [-0.15, -0.1) is 0 Å². The normalized spacial score (nSPS) is 16.8. The molecule has 0 aromatic heterocycles. The summed E-state index contributed by atoms with van der Waals surface area (Å²) in [5.74, 6) is -1.61. The Kier molecular flexibility index (Phi) is 5.78. The van der Waals surface area contributed by atoms with Crippen LogP contribution >= 0.6 is 0 Å². The molecular formula is C16H15NO7. The number of ketones is 1. The van der Waals surface area contributed by atoms with Gasteiger partial charge in [0.2, 0.25) is 0 Å². The Hall–Kier alpha value is -3.03. The highest BCUT2D eigenvalue weighted by atomic mass is 16.6. The minimum atomic E-state index is -0.741. The van der Waals surface area contributed by atoms with Crippen molar-refractivity contribution in [1.82, 2.24) is 0 Å². The molecule has 1 atom stereocenters. The fourth-order valence-electron chi connectivity index (χ4n) is 2.12. The minimum absolute atomic E-state index is 0.0777. The minimum Gasteiger partial charge on any atom is -0.461 e. The predicted molar refractivity (Wildman–Crippen MR) is 81.8 cm³/mol. The van der Waals surface area contributed by atoms with Gasteiger partial charge in [0.15, 0.2) is 5.78 Å². The molecule has 1 unspecified atom stereocenters. The summed E-state index contributed by atoms with van der Waals surface area (Å²) in [6.45, 7) is -0.0777. The molecule has 0 amide bonds. The van der Waals surface area contributed by atoms with E-state index in [-0.39, 0.29) is 23.8 Å². The lowest BCUT2D eigenvalue weighted by Crippen LogP contribution is -2.19. The fraction of sp³-hybridized carbons (Fsp3) is 0.312. The molecule has 1 fully saturated rings. The Bertz CT molecular complexity index is 695. The van der Waals surface area contributed by atoms with Gasteiger partial charge in [-0.1, -0.05) is 12.1 Å². The lowest BCUT2D eigenvalue weighted by molar-refractivity contribution is -0.385. The van der Waals surface area contributed by atoms with E-state index < -0.39 is 29.2 Å². The van der Waals surface area contributed by atoms with Crippen molar-refractivity contribution in [2.45, 2.75) is 25.4 Å². The lowest BCUT2D eigenvalue weighted by atomic mass is 10.1. The zero-order chi connectivity index (χ0) is 17.5. The van der Waals surface area contributed by atoms with E-state index in [1.807, 2.05) is 0 Å². The van der Waals surface area contributed by atoms with Gasteiger partial charge >= 0.3 is 11.9 Å². The van der Waals surface area contributed by atoms with Gasteiger partial charge < -0.3 is 9.47 Å². The quantitative estimate of drug-likeness (QED) is 0.246. The van der Waals surface area contributed by atoms with Gasteiger partial charge in [0.05, 0.1) is 10.5 Å². The standard InChI is InChI=1S/C16H15NO7/c18-12(6-5-11-3-1-2-4-14(11)17(21)22)9-16(20)23-10-13-7-8-15(19)24-13/h1-6,13H,7-10H2. The Morgan fingerprint density at radius 2 is 2.12 bits per heavy atom. The number of carbonyl (C=O) groups excluding carboxylic acids is 3. The molecule has 1 aliphatic heterocycles. The number of esters is 2. The van der Waals surface area contributed by atoms with Crippen molar-refractivity contribution in [3.63, 3.8) is 0 Å². The zero-order valence-electron chi connectivity index (χ0n) is 12.7. The summed E-state index contributed by atoms with van der Waals surface area (Å²) in [4.78, 5) is 44.5. The van der Waals surface area contributed by atoms with Gasteiger partial charge in [0.25, 0.3) is 5.69 Å². The van der Waals surface area contributed by atoms with E-state index in [4.69, 9.17) is 9.47 Å². The summed E-state index contributed by atoms with van der Waals surface area (Å²) in [6, 6.07) is 5.94. The lowest BCUT2D eigenvalue weighted by Gasteiger charge is -2.09. The van der Waals surface area contributed by atoms with Crippen LogP contribution in [0.2, 0.25) is 0 Å². The van der Waals surface area contributed by atoms with Crippen LogP contribution in [0, 0.1) is 10.1 Å². The average Bonchev–Trinajstić information content (AvgIpc) is 2.96. The number of benzene rings is 1. The number of hydrogen-bond acceptors (Lipinski definition) is 7. The topological polar surface area (TPSA) is 113 Å². The second-order valence-electron chi connectivity index (χ2n) is 5.13. The van der Waals surface area contributed by atoms with Crippen molar-refractivity contribution >= 4 is 29.5 Å². The van der Waals surface area contributed by atoms with Crippen molar-refractivity contribution in [3.8, 4) is 0 Å². The molecule has 1 aromatic carbocycles. The van der Waals surface area contributed by atoms with Crippen LogP contribution in [0.25, 0.3) is 6.08 Å². The maximum Gasteiger partial charge on any atom is 0.313 e. The van der Waals surface area contributed by atoms with Crippen LogP contribution < -0.4 is 0 Å². The number of nitro benzene ring substituents is 1. The van der Waals surface area contributed by atoms with Crippen molar-refractivity contribution in [2.75, 3.05) is 6.61 Å². The fourth-order valence-corrected chi connectivity index (χ4v) is 2.12. The second-order valence-corrected chi connectivity index (χ2v) is 5.13. The summed E-state index contributed by atoms with van der Waals surface area (Å²) in [5.41, 5.74) is 0.134. The van der Waals surface area contributed by atoms with E-state index in [1.54, 1.807) is 6.07 Å². The molecule has 8 nitrogen and oxygen atoms in total. The highest BCUT2D eigenvalue weighted by Gasteiger charge is 2.24. The van der Waals surface area contributed by atoms with Gasteiger partial charge in [0, 0.05) is 12.5 Å². The molecule has 0 spiro atoms. The van der Waals surface area contributed by atoms with E-state index in [0.717, 1.165) is 6.08 Å². The number of rotatable bonds is 7. The van der Waals surface area contributed by atoms with E-state index in [9.17, 15) is 24.5 Å². The number of allylic oxidation sites excluding steroid dienone is 1. The average molecular weight is 333 g/mol. The SMILES string of the molecule is O=C(C=Cc1ccccc1[N+](=O)[O-])CC(=O)OCC1CCC(=O)O1. The third kappa shape index (κ3) is 5.01. The first-order chi connectivity index (χ1) is 11.5. The second kappa shape index (κ2) is 8.00. The molecule has 1 aromatic rings. The first kappa shape index (κ1) is 17.3. The molecule has 126 valence electrons. The van der Waals surface area contributed by atoms with Crippen molar-refractivity contribution in [3.05, 3.63) is 46.0 Å². The Morgan fingerprint density at radius 1 is 1.38 bits per heavy atom. The van der Waals surface area contributed by atoms with Crippen LogP contribution in [0.3, 0.4) is 0 Å². The maximum absolute atomic E-state index is 11.7. The van der Waals surface area contributed by atoms with E-state index in [2.05, 4.69) is 0 Å². The number of hydrogen-bond donors (Lipinski definition) is 0. The van der Waals surface area contributed by atoms with Crippen LogP contribution in [0.5, 0.6) is 0 Å². The molecule has 0 aliphatic carbocycles. The smallest absolute Gasteiger partial charge is 0.313 e. The van der Waals surface area contributed by atoms with Crippen molar-refractivity contribution < 1.29 is 28.8 Å². The van der Waals surface area contributed by atoms with Crippen LogP contribution in [0.15, 0.2) is 30.3 Å². The first-order valence-electron chi connectivity index (χ1n) is 7.25. The number of para-hydroxylation sites is 1. The van der Waals surface area contributed by atoms with Gasteiger partial charge in [-0.05, 0) is 24.6 Å². The van der Waals surface area contributed by atoms with Crippen LogP contribution in [0.4, 0.5) is 5.69 Å². The number of cyclic esters (lactones) is 1. The first-order valence-corrected chi connectivity index (χ1v) is 7.25. The predicted octanol–water partition coefficient (Wildman–Crippen LogP) is 1.82. The molecule has 0 saturated carbocycles. The molecular weight excluding hydrogens is 318 g/mol. The van der Waals surface area contributed by atoms with E-state index in [0.29, 0.717) is 12.8 Å². The monoisotopic (exact) mass is 333 g/mol. The van der Waals surface area contributed by atoms with E-state index >= 15 is 0 Å². The highest BCUT2D eigenvalue weighted by Crippen LogP contribution is 2.19. The summed E-state index contributed by atoms with van der Waals surface area (Å²) < 4.78 is 9.76. The van der Waals surface area contributed by atoms with Gasteiger partial charge in [0.1, 0.15) is 19.1 Å². The molecule has 1 saturated heterocycles. The number of nitro groups is 1. The summed E-state index contributed by atoms with van der Waals surface area (Å²) in [7, 11) is 0. The third-order valence-electron chi connectivity index (χ3n) is 3.30. The summed E-state index contributed by atoms with van der Waals surface area (Å²) in [5, 5.41) is 10.9. The Labute approximate surface area is 137 Å². The van der Waals surface area contributed by atoms with Crippen LogP contribution in [-0.2, 0) is 23.9 Å². The molecule has 8 heteroatoms. The van der Waals surface area contributed by atoms with Crippen molar-refractivity contribution in [2.24, 2.45) is 0 Å². The van der Waals surface area contributed by atoms with Gasteiger partial charge in [-0.25, -0.2) is 0 Å². The Balaban J connectivity index is 1.83. The number of nitrogens with zero attached hydrogens (tertiary/aromatic N) is 1. The summed E-state index contributed by atoms with van der Waals surface area (Å²) in [6.07, 6.45) is 2.21. The molecule has 0 radical (unpaired) electrons. The Morgan fingerprint density at radius 3 is 2.79 bits per heavy atom. The van der Waals surface area contributed by atoms with Crippen molar-refractivity contribution in [1.29, 1.82) is 0 Å². The molecule has 0 N–H and O–H groups in total. The van der Waals surface area contributed by atoms with Crippen LogP contribution in [0.1, 0.15) is 24.8 Å². The van der Waals surface area contributed by atoms with Crippen LogP contribution in [-0.4, -0.2) is 35.4 Å². The molecule has 2 rings (SSSR count). The molecule has 0 bridgehead atoms. The maximum atomic E-state index is 11.7. The number of ether oxygens (including phenoxy) is 2.